The van der Waals surface area contributed by atoms with E-state index in [0.717, 1.165) is 5.56 Å². The summed E-state index contributed by atoms with van der Waals surface area (Å²) in [7, 11) is -3.64. The van der Waals surface area contributed by atoms with Gasteiger partial charge in [0.15, 0.2) is 0 Å². The predicted molar refractivity (Wildman–Crippen MR) is 77.4 cm³/mol. The number of aromatic nitrogens is 1. The van der Waals surface area contributed by atoms with Crippen LogP contribution in [0.4, 0.5) is 5.69 Å². The highest BCUT2D eigenvalue weighted by molar-refractivity contribution is 7.92. The van der Waals surface area contributed by atoms with E-state index in [1.54, 1.807) is 30.5 Å². The number of hydrogen-bond donors (Lipinski definition) is 1. The quantitative estimate of drug-likeness (QED) is 0.919. The van der Waals surface area contributed by atoms with Crippen molar-refractivity contribution in [3.63, 3.8) is 0 Å². The van der Waals surface area contributed by atoms with Gasteiger partial charge in [0.05, 0.1) is 11.5 Å². The number of hydrogen-bond acceptors (Lipinski definition) is 4. The largest absolute Gasteiger partial charge is 0.476 e. The predicted octanol–water partition coefficient (Wildman–Crippen LogP) is 2.59. The molecule has 0 saturated carbocycles. The molecule has 0 spiro atoms. The third-order valence-electron chi connectivity index (χ3n) is 2.57. The van der Waals surface area contributed by atoms with Crippen LogP contribution in [-0.2, 0) is 10.0 Å². The highest BCUT2D eigenvalue weighted by atomic mass is 32.2. The lowest BCUT2D eigenvalue weighted by Gasteiger charge is -2.12. The fourth-order valence-electron chi connectivity index (χ4n) is 1.68. The van der Waals surface area contributed by atoms with Crippen LogP contribution in [0.3, 0.4) is 0 Å². The Balaban J connectivity index is 2.36. The van der Waals surface area contributed by atoms with Gasteiger partial charge in [-0.2, -0.15) is 0 Å². The monoisotopic (exact) mass is 292 g/mol. The topological polar surface area (TPSA) is 68.3 Å². The number of ether oxygens (including phenoxy) is 1. The van der Waals surface area contributed by atoms with Crippen LogP contribution in [0, 0.1) is 6.92 Å². The van der Waals surface area contributed by atoms with Gasteiger partial charge in [0, 0.05) is 6.20 Å². The standard InChI is InChI=1S/C14H16N2O3S/c1-3-19-14-13(9-11(2)10-15-14)16-20(17,18)12-7-5-4-6-8-12/h4-10,16H,3H2,1-2H3. The molecule has 0 aliphatic heterocycles. The van der Waals surface area contributed by atoms with Crippen molar-refractivity contribution < 1.29 is 13.2 Å². The van der Waals surface area contributed by atoms with Gasteiger partial charge in [-0.25, -0.2) is 13.4 Å². The first-order valence-corrected chi connectivity index (χ1v) is 7.68. The van der Waals surface area contributed by atoms with Gasteiger partial charge >= 0.3 is 0 Å². The number of benzene rings is 1. The van der Waals surface area contributed by atoms with E-state index in [4.69, 9.17) is 4.74 Å². The third-order valence-corrected chi connectivity index (χ3v) is 3.95. The zero-order valence-corrected chi connectivity index (χ0v) is 12.1. The van der Waals surface area contributed by atoms with E-state index in [9.17, 15) is 8.42 Å². The van der Waals surface area contributed by atoms with Crippen LogP contribution in [-0.4, -0.2) is 20.0 Å². The zero-order valence-electron chi connectivity index (χ0n) is 11.3. The molecule has 1 aromatic carbocycles. The van der Waals surface area contributed by atoms with E-state index >= 15 is 0 Å². The van der Waals surface area contributed by atoms with Crippen LogP contribution in [0.25, 0.3) is 0 Å². The Labute approximate surface area is 118 Å². The van der Waals surface area contributed by atoms with Gasteiger partial charge in [-0.05, 0) is 37.6 Å². The molecule has 106 valence electrons. The van der Waals surface area contributed by atoms with Gasteiger partial charge < -0.3 is 4.74 Å². The number of anilines is 1. The molecule has 1 heterocycles. The van der Waals surface area contributed by atoms with Crippen LogP contribution in [0.5, 0.6) is 5.88 Å². The van der Waals surface area contributed by atoms with Crippen LogP contribution in [0.1, 0.15) is 12.5 Å². The average molecular weight is 292 g/mol. The van der Waals surface area contributed by atoms with E-state index in [2.05, 4.69) is 9.71 Å². The highest BCUT2D eigenvalue weighted by Gasteiger charge is 2.17. The van der Waals surface area contributed by atoms with Crippen LogP contribution in [0.2, 0.25) is 0 Å². The fraction of sp³-hybridized carbons (Fsp3) is 0.214. The fourth-order valence-corrected chi connectivity index (χ4v) is 2.75. The highest BCUT2D eigenvalue weighted by Crippen LogP contribution is 2.25. The number of pyridine rings is 1. The lowest BCUT2D eigenvalue weighted by atomic mass is 10.3. The maximum absolute atomic E-state index is 12.3. The molecule has 0 aliphatic carbocycles. The van der Waals surface area contributed by atoms with Gasteiger partial charge in [-0.15, -0.1) is 0 Å². The Kier molecular flexibility index (Phi) is 4.24. The average Bonchev–Trinajstić information content (AvgIpc) is 2.43. The van der Waals surface area contributed by atoms with Gasteiger partial charge in [0.25, 0.3) is 10.0 Å². The summed E-state index contributed by atoms with van der Waals surface area (Å²) < 4.78 is 32.4. The van der Waals surface area contributed by atoms with E-state index in [1.807, 2.05) is 13.8 Å². The molecule has 0 amide bonds. The molecular weight excluding hydrogens is 276 g/mol. The minimum atomic E-state index is -3.64. The Morgan fingerprint density at radius 3 is 2.60 bits per heavy atom. The van der Waals surface area contributed by atoms with Crippen molar-refractivity contribution in [1.82, 2.24) is 4.98 Å². The van der Waals surface area contributed by atoms with Crippen molar-refractivity contribution in [2.24, 2.45) is 0 Å². The molecule has 0 bridgehead atoms. The number of nitrogens with one attached hydrogen (secondary N) is 1. The molecule has 0 radical (unpaired) electrons. The lowest BCUT2D eigenvalue weighted by molar-refractivity contribution is 0.328. The SMILES string of the molecule is CCOc1ncc(C)cc1NS(=O)(=O)c1ccccc1. The second kappa shape index (κ2) is 5.92. The molecule has 6 heteroatoms. The van der Waals surface area contributed by atoms with E-state index in [-0.39, 0.29) is 10.8 Å². The number of rotatable bonds is 5. The molecule has 0 fully saturated rings. The first-order valence-electron chi connectivity index (χ1n) is 6.20. The Bertz CT molecular complexity index is 685. The van der Waals surface area contributed by atoms with Gasteiger partial charge in [0.2, 0.25) is 5.88 Å². The normalized spacial score (nSPS) is 11.1. The number of aryl methyl sites for hydroxylation is 1. The smallest absolute Gasteiger partial charge is 0.262 e. The maximum Gasteiger partial charge on any atom is 0.262 e. The van der Waals surface area contributed by atoms with Crippen LogP contribution in [0.15, 0.2) is 47.5 Å². The molecule has 0 unspecified atom stereocenters. The summed E-state index contributed by atoms with van der Waals surface area (Å²) in [5, 5.41) is 0. The minimum Gasteiger partial charge on any atom is -0.476 e. The summed E-state index contributed by atoms with van der Waals surface area (Å²) in [6.45, 7) is 4.07. The molecule has 20 heavy (non-hydrogen) atoms. The third kappa shape index (κ3) is 3.27. The lowest BCUT2D eigenvalue weighted by Crippen LogP contribution is -2.14. The van der Waals surface area contributed by atoms with Crippen LogP contribution < -0.4 is 9.46 Å². The van der Waals surface area contributed by atoms with E-state index < -0.39 is 10.0 Å². The minimum absolute atomic E-state index is 0.198. The Morgan fingerprint density at radius 1 is 1.25 bits per heavy atom. The number of sulfonamides is 1. The molecule has 0 aliphatic rings. The van der Waals surface area contributed by atoms with Crippen molar-refractivity contribution in [2.45, 2.75) is 18.7 Å². The second-order valence-corrected chi connectivity index (χ2v) is 5.90. The first-order chi connectivity index (χ1) is 9.53. The summed E-state index contributed by atoms with van der Waals surface area (Å²) >= 11 is 0. The summed E-state index contributed by atoms with van der Waals surface area (Å²) in [5.74, 6) is 0.276. The van der Waals surface area contributed by atoms with E-state index in [1.165, 1.54) is 12.1 Å². The molecule has 1 aromatic heterocycles. The van der Waals surface area contributed by atoms with Gasteiger partial charge in [-0.3, -0.25) is 4.72 Å². The van der Waals surface area contributed by atoms with Crippen molar-refractivity contribution in [3.8, 4) is 5.88 Å². The molecule has 2 aromatic rings. The van der Waals surface area contributed by atoms with Crippen molar-refractivity contribution in [2.75, 3.05) is 11.3 Å². The summed E-state index contributed by atoms with van der Waals surface area (Å²) in [6, 6.07) is 9.87. The molecule has 1 N–H and O–H groups in total. The molecule has 0 atom stereocenters. The molecule has 2 rings (SSSR count). The zero-order chi connectivity index (χ0) is 14.6. The maximum atomic E-state index is 12.3. The first kappa shape index (κ1) is 14.3. The van der Waals surface area contributed by atoms with Gasteiger partial charge in [-0.1, -0.05) is 18.2 Å². The van der Waals surface area contributed by atoms with E-state index in [0.29, 0.717) is 12.3 Å². The Morgan fingerprint density at radius 2 is 1.95 bits per heavy atom. The summed E-state index contributed by atoms with van der Waals surface area (Å²) in [6.07, 6.45) is 1.63. The van der Waals surface area contributed by atoms with Crippen molar-refractivity contribution >= 4 is 15.7 Å². The van der Waals surface area contributed by atoms with Crippen molar-refractivity contribution in [1.29, 1.82) is 0 Å². The molecule has 5 nitrogen and oxygen atoms in total. The molecule has 0 saturated heterocycles. The summed E-state index contributed by atoms with van der Waals surface area (Å²) in [5.41, 5.74) is 1.19. The number of nitrogens with zero attached hydrogens (tertiary/aromatic N) is 1. The second-order valence-electron chi connectivity index (χ2n) is 4.22. The van der Waals surface area contributed by atoms with Crippen molar-refractivity contribution in [3.05, 3.63) is 48.2 Å². The molecular formula is C14H16N2O3S. The summed E-state index contributed by atoms with van der Waals surface area (Å²) in [4.78, 5) is 4.29. The van der Waals surface area contributed by atoms with Gasteiger partial charge in [0.1, 0.15) is 5.69 Å². The van der Waals surface area contributed by atoms with Crippen LogP contribution >= 0.6 is 0 Å². The Hall–Kier alpha value is -2.08.